The number of alkyl halides is 3. The molecule has 13 nitrogen and oxygen atoms in total. The van der Waals surface area contributed by atoms with Gasteiger partial charge < -0.3 is 25.8 Å². The minimum atomic E-state index is -4.72. The first kappa shape index (κ1) is 26.4. The third kappa shape index (κ3) is 5.24. The van der Waals surface area contributed by atoms with Gasteiger partial charge in [-0.1, -0.05) is 11.2 Å². The lowest BCUT2D eigenvalue weighted by molar-refractivity contribution is -0.662. The van der Waals surface area contributed by atoms with Gasteiger partial charge in [0, 0.05) is 28.9 Å². The number of amides is 2. The first-order valence-corrected chi connectivity index (χ1v) is 12.9. The largest absolute Gasteiger partial charge is 0.543 e. The molecule has 5 rings (SSSR count). The van der Waals surface area contributed by atoms with E-state index in [0.717, 1.165) is 10.5 Å². The van der Waals surface area contributed by atoms with Gasteiger partial charge in [0.2, 0.25) is 18.1 Å². The van der Waals surface area contributed by atoms with E-state index in [1.165, 1.54) is 11.8 Å². The monoisotopic (exact) mass is 582 g/mol. The van der Waals surface area contributed by atoms with E-state index in [0.29, 0.717) is 17.1 Å². The fourth-order valence-electron chi connectivity index (χ4n) is 4.07. The molecule has 0 saturated carbocycles. The van der Waals surface area contributed by atoms with E-state index in [-0.39, 0.29) is 23.1 Å². The highest BCUT2D eigenvalue weighted by Gasteiger charge is 2.53. The van der Waals surface area contributed by atoms with Crippen LogP contribution in [-0.4, -0.2) is 72.1 Å². The molecule has 2 aliphatic heterocycles. The molecular formula is C21H17F3N8O5S2. The number of nitrogens with zero attached hydrogens (tertiary/aromatic N) is 6. The van der Waals surface area contributed by atoms with Crippen LogP contribution in [0.2, 0.25) is 0 Å². The quantitative estimate of drug-likeness (QED) is 0.147. The molecule has 0 spiro atoms. The van der Waals surface area contributed by atoms with Crippen molar-refractivity contribution in [2.24, 2.45) is 5.16 Å². The number of halogens is 3. The SMILES string of the molecule is Nc1nc(/C(=N/OCC(F)(F)F)C(=O)N[C@@H]2C(=O)N3C(C(=O)[O-])=C(C[n+]4ccn5ccccc54)CS[C@H]23)ns1. The Morgan fingerprint density at radius 1 is 1.33 bits per heavy atom. The fraction of sp³-hybridized carbons (Fsp3) is 0.286. The number of carbonyl (C=O) groups is 3. The summed E-state index contributed by atoms with van der Waals surface area (Å²) in [4.78, 5) is 47.0. The maximum absolute atomic E-state index is 13.0. The zero-order valence-corrected chi connectivity index (χ0v) is 21.1. The Labute approximate surface area is 224 Å². The predicted molar refractivity (Wildman–Crippen MR) is 128 cm³/mol. The molecule has 3 aromatic heterocycles. The number of aromatic nitrogens is 4. The second-order valence-electron chi connectivity index (χ2n) is 8.28. The van der Waals surface area contributed by atoms with Gasteiger partial charge in [0.15, 0.2) is 5.13 Å². The summed E-state index contributed by atoms with van der Waals surface area (Å²) in [5, 5.41) is 16.8. The number of hydrogen-bond acceptors (Lipinski definition) is 11. The molecule has 2 amide bonds. The van der Waals surface area contributed by atoms with Crippen molar-refractivity contribution in [3.8, 4) is 0 Å². The van der Waals surface area contributed by atoms with Crippen LogP contribution in [0.5, 0.6) is 0 Å². The molecule has 3 N–H and O–H groups in total. The summed E-state index contributed by atoms with van der Waals surface area (Å²) >= 11 is 1.88. The highest BCUT2D eigenvalue weighted by Crippen LogP contribution is 2.40. The summed E-state index contributed by atoms with van der Waals surface area (Å²) in [5.41, 5.74) is 5.70. The van der Waals surface area contributed by atoms with Crippen LogP contribution in [0.4, 0.5) is 18.3 Å². The van der Waals surface area contributed by atoms with Crippen LogP contribution >= 0.6 is 23.3 Å². The molecule has 0 aromatic carbocycles. The number of aliphatic carboxylic acids is 1. The molecule has 204 valence electrons. The average molecular weight is 583 g/mol. The molecule has 0 bridgehead atoms. The number of oxime groups is 1. The van der Waals surface area contributed by atoms with Crippen LogP contribution < -0.4 is 20.7 Å². The lowest BCUT2D eigenvalue weighted by atomic mass is 10.0. The normalized spacial score (nSPS) is 19.6. The van der Waals surface area contributed by atoms with Crippen molar-refractivity contribution in [2.75, 3.05) is 18.1 Å². The van der Waals surface area contributed by atoms with Crippen molar-refractivity contribution in [3.63, 3.8) is 0 Å². The van der Waals surface area contributed by atoms with Crippen LogP contribution in [0.25, 0.3) is 5.65 Å². The predicted octanol–water partition coefficient (Wildman–Crippen LogP) is -0.952. The number of carboxylic acid groups (broad SMARTS) is 1. The van der Waals surface area contributed by atoms with E-state index in [1.54, 1.807) is 12.4 Å². The number of β-lactam (4-membered cyclic amide) rings is 1. The first-order valence-electron chi connectivity index (χ1n) is 11.0. The van der Waals surface area contributed by atoms with E-state index in [4.69, 9.17) is 5.73 Å². The lowest BCUT2D eigenvalue weighted by Crippen LogP contribution is -2.71. The molecule has 18 heteroatoms. The second-order valence-corrected chi connectivity index (χ2v) is 10.2. The molecule has 3 aromatic rings. The molecule has 0 unspecified atom stereocenters. The van der Waals surface area contributed by atoms with Crippen molar-refractivity contribution >= 4 is 57.6 Å². The Kier molecular flexibility index (Phi) is 6.89. The molecule has 2 aliphatic rings. The Morgan fingerprint density at radius 2 is 2.13 bits per heavy atom. The number of fused-ring (bicyclic) bond motifs is 2. The third-order valence-electron chi connectivity index (χ3n) is 5.71. The average Bonchev–Trinajstić information content (AvgIpc) is 3.50. The number of rotatable bonds is 8. The van der Waals surface area contributed by atoms with Crippen LogP contribution in [-0.2, 0) is 25.8 Å². The maximum atomic E-state index is 13.0. The van der Waals surface area contributed by atoms with Gasteiger partial charge in [-0.05, 0) is 6.07 Å². The van der Waals surface area contributed by atoms with E-state index in [9.17, 15) is 32.7 Å². The summed E-state index contributed by atoms with van der Waals surface area (Å²) in [6.45, 7) is -1.61. The van der Waals surface area contributed by atoms with Crippen molar-refractivity contribution in [2.45, 2.75) is 24.1 Å². The number of carbonyl (C=O) groups excluding carboxylic acids is 3. The standard InChI is InChI=1S/C21H17F3N8O5S2/c22-21(23,24)9-37-28-12(15-27-20(25)39-29-15)16(33)26-13-17(34)32-14(19(35)36)10(8-38-18(13)32)7-31-6-5-30-4-2-1-3-11(30)31/h1-6,13,18H,7-9H2,(H3-,25,26,27,29,33,35,36)/b28-12-/t13-,18-/m1/s1. The number of nitrogens with one attached hydrogen (secondary N) is 1. The summed E-state index contributed by atoms with van der Waals surface area (Å²) < 4.78 is 44.9. The number of thioether (sulfide) groups is 1. The first-order chi connectivity index (χ1) is 18.5. The number of nitrogens with two attached hydrogens (primary N) is 1. The van der Waals surface area contributed by atoms with E-state index in [2.05, 4.69) is 24.7 Å². The zero-order chi connectivity index (χ0) is 27.9. The number of pyridine rings is 1. The zero-order valence-electron chi connectivity index (χ0n) is 19.5. The number of carboxylic acids is 1. The number of hydrogen-bond donors (Lipinski definition) is 2. The Hall–Kier alpha value is -4.19. The van der Waals surface area contributed by atoms with Gasteiger partial charge >= 0.3 is 6.18 Å². The number of nitrogen functional groups attached to an aromatic ring is 1. The Bertz CT molecular complexity index is 1530. The number of anilines is 1. The molecular weight excluding hydrogens is 565 g/mol. The maximum Gasteiger partial charge on any atom is 0.425 e. The molecule has 1 fully saturated rings. The van der Waals surface area contributed by atoms with E-state index in [1.807, 2.05) is 33.4 Å². The molecule has 1 saturated heterocycles. The number of imidazole rings is 1. The van der Waals surface area contributed by atoms with Crippen molar-refractivity contribution < 1.29 is 42.1 Å². The fourth-order valence-corrected chi connectivity index (χ4v) is 5.84. The highest BCUT2D eigenvalue weighted by molar-refractivity contribution is 8.00. The molecule has 39 heavy (non-hydrogen) atoms. The lowest BCUT2D eigenvalue weighted by Gasteiger charge is -2.50. The topological polar surface area (TPSA) is 171 Å². The van der Waals surface area contributed by atoms with Gasteiger partial charge in [0.1, 0.15) is 30.4 Å². The smallest absolute Gasteiger partial charge is 0.425 e. The summed E-state index contributed by atoms with van der Waals surface area (Å²) in [6, 6.07) is 4.32. The van der Waals surface area contributed by atoms with Gasteiger partial charge in [-0.3, -0.25) is 14.5 Å². The third-order valence-corrected chi connectivity index (χ3v) is 7.59. The summed E-state index contributed by atoms with van der Waals surface area (Å²) in [6.07, 6.45) is 0.683. The van der Waals surface area contributed by atoms with Crippen molar-refractivity contribution in [1.82, 2.24) is 24.0 Å². The van der Waals surface area contributed by atoms with Gasteiger partial charge in [0.05, 0.1) is 17.9 Å². The highest BCUT2D eigenvalue weighted by atomic mass is 32.2. The molecule has 0 aliphatic carbocycles. The minimum Gasteiger partial charge on any atom is -0.543 e. The Morgan fingerprint density at radius 3 is 2.82 bits per heavy atom. The van der Waals surface area contributed by atoms with Crippen LogP contribution in [0, 0.1) is 0 Å². The Balaban J connectivity index is 1.35. The van der Waals surface area contributed by atoms with E-state index < -0.39 is 53.5 Å². The van der Waals surface area contributed by atoms with Gasteiger partial charge in [-0.25, -0.2) is 8.97 Å². The molecule has 0 radical (unpaired) electrons. The molecule has 2 atom stereocenters. The second kappa shape index (κ2) is 10.2. The minimum absolute atomic E-state index is 0.0832. The van der Waals surface area contributed by atoms with Crippen LogP contribution in [0.3, 0.4) is 0 Å². The van der Waals surface area contributed by atoms with E-state index >= 15 is 0 Å². The summed E-state index contributed by atoms with van der Waals surface area (Å²) in [7, 11) is 0. The van der Waals surface area contributed by atoms with Crippen LogP contribution in [0.15, 0.2) is 53.2 Å². The van der Waals surface area contributed by atoms with Gasteiger partial charge in [0.25, 0.3) is 17.5 Å². The van der Waals surface area contributed by atoms with Crippen molar-refractivity contribution in [3.05, 3.63) is 53.9 Å². The molecule has 5 heterocycles. The van der Waals surface area contributed by atoms with Crippen LogP contribution in [0.1, 0.15) is 5.82 Å². The van der Waals surface area contributed by atoms with Gasteiger partial charge in [-0.2, -0.15) is 22.5 Å². The van der Waals surface area contributed by atoms with Crippen molar-refractivity contribution in [1.29, 1.82) is 0 Å². The summed E-state index contributed by atoms with van der Waals surface area (Å²) in [5.74, 6) is -3.59. The van der Waals surface area contributed by atoms with Gasteiger partial charge in [-0.15, -0.1) is 11.8 Å².